The summed E-state index contributed by atoms with van der Waals surface area (Å²) in [5.74, 6) is -0.438. The lowest BCUT2D eigenvalue weighted by Gasteiger charge is -2.05. The van der Waals surface area contributed by atoms with Crippen LogP contribution >= 0.6 is 0 Å². The van der Waals surface area contributed by atoms with Gasteiger partial charge >= 0.3 is 5.97 Å². The third-order valence-corrected chi connectivity index (χ3v) is 1.49. The topological polar surface area (TPSA) is 61.8 Å². The van der Waals surface area contributed by atoms with Crippen LogP contribution in [-0.4, -0.2) is 44.8 Å². The Kier molecular flexibility index (Phi) is 8.38. The van der Waals surface area contributed by atoms with E-state index in [0.29, 0.717) is 25.4 Å². The van der Waals surface area contributed by atoms with E-state index in [1.165, 1.54) is 6.92 Å². The molecule has 92 valence electrons. The molecular formula is C11H18O5. The summed E-state index contributed by atoms with van der Waals surface area (Å²) in [6.45, 7) is 7.82. The molecule has 0 saturated heterocycles. The SMILES string of the molecule is C=C(C)C(=O)OCCOCCOCC(C)=O. The van der Waals surface area contributed by atoms with Crippen molar-refractivity contribution in [1.82, 2.24) is 0 Å². The van der Waals surface area contributed by atoms with Crippen molar-refractivity contribution >= 4 is 11.8 Å². The molecule has 0 bridgehead atoms. The first-order valence-electron chi connectivity index (χ1n) is 5.01. The summed E-state index contributed by atoms with van der Waals surface area (Å²) in [6.07, 6.45) is 0. The lowest BCUT2D eigenvalue weighted by molar-refractivity contribution is -0.140. The van der Waals surface area contributed by atoms with Crippen molar-refractivity contribution in [3.63, 3.8) is 0 Å². The van der Waals surface area contributed by atoms with Gasteiger partial charge in [0.2, 0.25) is 0 Å². The number of ether oxygens (including phenoxy) is 3. The zero-order valence-electron chi connectivity index (χ0n) is 9.78. The van der Waals surface area contributed by atoms with Gasteiger partial charge in [-0.3, -0.25) is 4.79 Å². The highest BCUT2D eigenvalue weighted by molar-refractivity contribution is 5.86. The fourth-order valence-electron chi connectivity index (χ4n) is 0.752. The van der Waals surface area contributed by atoms with Gasteiger partial charge in [0.1, 0.15) is 13.2 Å². The van der Waals surface area contributed by atoms with Gasteiger partial charge in [-0.05, 0) is 13.8 Å². The van der Waals surface area contributed by atoms with Crippen LogP contribution in [0, 0.1) is 0 Å². The number of carbonyl (C=O) groups excluding carboxylic acids is 2. The number of esters is 1. The van der Waals surface area contributed by atoms with E-state index in [9.17, 15) is 9.59 Å². The Morgan fingerprint density at radius 1 is 1.00 bits per heavy atom. The summed E-state index contributed by atoms with van der Waals surface area (Å²) < 4.78 is 14.9. The second-order valence-electron chi connectivity index (χ2n) is 3.28. The Balaban J connectivity index is 3.19. The average Bonchev–Trinajstić information content (AvgIpc) is 2.21. The first kappa shape index (κ1) is 14.8. The maximum Gasteiger partial charge on any atom is 0.333 e. The first-order chi connectivity index (χ1) is 7.54. The van der Waals surface area contributed by atoms with Gasteiger partial charge in [-0.1, -0.05) is 6.58 Å². The zero-order valence-corrected chi connectivity index (χ0v) is 9.78. The highest BCUT2D eigenvalue weighted by atomic mass is 16.6. The highest BCUT2D eigenvalue weighted by Crippen LogP contribution is 1.91. The lowest BCUT2D eigenvalue weighted by atomic mass is 10.4. The first-order valence-corrected chi connectivity index (χ1v) is 5.01. The van der Waals surface area contributed by atoms with E-state index in [1.807, 2.05) is 0 Å². The molecule has 0 heterocycles. The Morgan fingerprint density at radius 2 is 1.56 bits per heavy atom. The lowest BCUT2D eigenvalue weighted by Crippen LogP contribution is -2.14. The van der Waals surface area contributed by atoms with Gasteiger partial charge in [0.25, 0.3) is 0 Å². The van der Waals surface area contributed by atoms with Crippen molar-refractivity contribution in [3.05, 3.63) is 12.2 Å². The number of ketones is 1. The molecule has 5 nitrogen and oxygen atoms in total. The van der Waals surface area contributed by atoms with Crippen LogP contribution in [0.15, 0.2) is 12.2 Å². The molecule has 0 spiro atoms. The molecule has 0 fully saturated rings. The molecule has 0 aromatic carbocycles. The highest BCUT2D eigenvalue weighted by Gasteiger charge is 2.01. The van der Waals surface area contributed by atoms with E-state index in [1.54, 1.807) is 6.92 Å². The molecule has 0 aromatic rings. The maximum absolute atomic E-state index is 10.9. The monoisotopic (exact) mass is 230 g/mol. The Hall–Kier alpha value is -1.20. The molecule has 16 heavy (non-hydrogen) atoms. The van der Waals surface area contributed by atoms with Gasteiger partial charge in [0, 0.05) is 5.57 Å². The quantitative estimate of drug-likeness (QED) is 0.332. The molecule has 0 radical (unpaired) electrons. The molecule has 5 heteroatoms. The van der Waals surface area contributed by atoms with Crippen molar-refractivity contribution in [2.24, 2.45) is 0 Å². The molecule has 0 unspecified atom stereocenters. The molecule has 0 aliphatic rings. The molecule has 0 aliphatic heterocycles. The summed E-state index contributed by atoms with van der Waals surface area (Å²) in [6, 6.07) is 0. The van der Waals surface area contributed by atoms with Crippen molar-refractivity contribution < 1.29 is 23.8 Å². The van der Waals surface area contributed by atoms with Gasteiger partial charge in [0.05, 0.1) is 19.8 Å². The summed E-state index contributed by atoms with van der Waals surface area (Å²) in [4.78, 5) is 21.4. The molecule has 0 amide bonds. The van der Waals surface area contributed by atoms with Crippen LogP contribution in [0.3, 0.4) is 0 Å². The van der Waals surface area contributed by atoms with Gasteiger partial charge in [-0.15, -0.1) is 0 Å². The van der Waals surface area contributed by atoms with Crippen LogP contribution < -0.4 is 0 Å². The summed E-state index contributed by atoms with van der Waals surface area (Å²) in [5.41, 5.74) is 0.366. The smallest absolute Gasteiger partial charge is 0.333 e. The third kappa shape index (κ3) is 9.36. The zero-order chi connectivity index (χ0) is 12.4. The minimum atomic E-state index is -0.420. The van der Waals surface area contributed by atoms with Crippen molar-refractivity contribution in [2.45, 2.75) is 13.8 Å². The Morgan fingerprint density at radius 3 is 2.12 bits per heavy atom. The predicted molar refractivity (Wildman–Crippen MR) is 58.1 cm³/mol. The standard InChI is InChI=1S/C11H18O5/c1-9(2)11(13)16-7-6-14-4-5-15-8-10(3)12/h1,4-8H2,2-3H3. The van der Waals surface area contributed by atoms with E-state index in [0.717, 1.165) is 0 Å². The molecule has 0 rings (SSSR count). The molecular weight excluding hydrogens is 212 g/mol. The minimum Gasteiger partial charge on any atom is -0.460 e. The fraction of sp³-hybridized carbons (Fsp3) is 0.636. The second kappa shape index (κ2) is 9.06. The van der Waals surface area contributed by atoms with E-state index in [2.05, 4.69) is 6.58 Å². The average molecular weight is 230 g/mol. The largest absolute Gasteiger partial charge is 0.460 e. The van der Waals surface area contributed by atoms with Crippen LogP contribution in [0.4, 0.5) is 0 Å². The number of hydrogen-bond donors (Lipinski definition) is 0. The molecule has 0 saturated carbocycles. The maximum atomic E-state index is 10.9. The Labute approximate surface area is 95.4 Å². The normalized spacial score (nSPS) is 9.88. The van der Waals surface area contributed by atoms with Crippen LogP contribution in [-0.2, 0) is 23.8 Å². The number of rotatable bonds is 9. The van der Waals surface area contributed by atoms with Gasteiger partial charge in [-0.2, -0.15) is 0 Å². The molecule has 0 aromatic heterocycles. The van der Waals surface area contributed by atoms with E-state index in [-0.39, 0.29) is 19.0 Å². The van der Waals surface area contributed by atoms with Crippen molar-refractivity contribution in [3.8, 4) is 0 Å². The van der Waals surface area contributed by atoms with Crippen LogP contribution in [0.25, 0.3) is 0 Å². The Bertz CT molecular complexity index is 247. The van der Waals surface area contributed by atoms with Crippen molar-refractivity contribution in [2.75, 3.05) is 33.0 Å². The van der Waals surface area contributed by atoms with Crippen LogP contribution in [0.5, 0.6) is 0 Å². The summed E-state index contributed by atoms with van der Waals surface area (Å²) >= 11 is 0. The number of hydrogen-bond acceptors (Lipinski definition) is 5. The molecule has 0 N–H and O–H groups in total. The van der Waals surface area contributed by atoms with Crippen LogP contribution in [0.1, 0.15) is 13.8 Å². The molecule has 0 aliphatic carbocycles. The number of Topliss-reactive ketones (excluding diaryl/α,β-unsaturated/α-hetero) is 1. The number of carbonyl (C=O) groups is 2. The van der Waals surface area contributed by atoms with Crippen molar-refractivity contribution in [1.29, 1.82) is 0 Å². The summed E-state index contributed by atoms with van der Waals surface area (Å²) in [5, 5.41) is 0. The van der Waals surface area contributed by atoms with Crippen LogP contribution in [0.2, 0.25) is 0 Å². The fourth-order valence-corrected chi connectivity index (χ4v) is 0.752. The van der Waals surface area contributed by atoms with E-state index in [4.69, 9.17) is 14.2 Å². The van der Waals surface area contributed by atoms with E-state index < -0.39 is 5.97 Å². The van der Waals surface area contributed by atoms with Gasteiger partial charge in [0.15, 0.2) is 5.78 Å². The minimum absolute atomic E-state index is 0.0182. The predicted octanol–water partition coefficient (Wildman–Crippen LogP) is 0.728. The van der Waals surface area contributed by atoms with E-state index >= 15 is 0 Å². The van der Waals surface area contributed by atoms with Gasteiger partial charge in [-0.25, -0.2) is 4.79 Å². The summed E-state index contributed by atoms with van der Waals surface area (Å²) in [7, 11) is 0. The third-order valence-electron chi connectivity index (χ3n) is 1.49. The molecule has 0 atom stereocenters. The second-order valence-corrected chi connectivity index (χ2v) is 3.28. The van der Waals surface area contributed by atoms with Gasteiger partial charge < -0.3 is 14.2 Å².